The van der Waals surface area contributed by atoms with Gasteiger partial charge in [0.05, 0.1) is 35.4 Å². The molecule has 1 aliphatic heterocycles. The number of benzene rings is 1. The molecule has 0 spiro atoms. The lowest BCUT2D eigenvalue weighted by molar-refractivity contribution is 0.0250. The van der Waals surface area contributed by atoms with Gasteiger partial charge in [-0.15, -0.1) is 0 Å². The van der Waals surface area contributed by atoms with Crippen molar-refractivity contribution in [2.75, 3.05) is 30.7 Å². The highest BCUT2D eigenvalue weighted by Crippen LogP contribution is 2.30. The maximum atomic E-state index is 6.23. The molecule has 1 fully saturated rings. The van der Waals surface area contributed by atoms with Gasteiger partial charge < -0.3 is 21.1 Å². The maximum absolute atomic E-state index is 6.23. The fraction of sp³-hybridized carbons (Fsp3) is 0.182. The van der Waals surface area contributed by atoms with E-state index in [0.717, 1.165) is 46.6 Å². The van der Waals surface area contributed by atoms with Gasteiger partial charge in [0.1, 0.15) is 11.9 Å². The SMILES string of the molecule is Nc1nc(Nc2ccc(C3CNCCO3)nc2)nc2c(-c3ccccn3)cccc12. The normalized spacial score (nSPS) is 16.5. The van der Waals surface area contributed by atoms with Crippen molar-refractivity contribution in [1.82, 2.24) is 25.3 Å². The van der Waals surface area contributed by atoms with Crippen LogP contribution in [0.5, 0.6) is 0 Å². The van der Waals surface area contributed by atoms with Crippen LogP contribution >= 0.6 is 0 Å². The number of aromatic nitrogens is 4. The molecule has 1 saturated heterocycles. The molecule has 8 heteroatoms. The summed E-state index contributed by atoms with van der Waals surface area (Å²) in [5.41, 5.74) is 10.4. The van der Waals surface area contributed by atoms with E-state index in [9.17, 15) is 0 Å². The first-order valence-corrected chi connectivity index (χ1v) is 9.81. The summed E-state index contributed by atoms with van der Waals surface area (Å²) in [7, 11) is 0. The first-order chi connectivity index (χ1) is 14.8. The highest BCUT2D eigenvalue weighted by atomic mass is 16.5. The average molecular weight is 399 g/mol. The second-order valence-electron chi connectivity index (χ2n) is 7.01. The Bertz CT molecular complexity index is 1160. The summed E-state index contributed by atoms with van der Waals surface area (Å²) < 4.78 is 5.75. The third kappa shape index (κ3) is 3.66. The molecule has 150 valence electrons. The number of nitrogen functional groups attached to an aromatic ring is 1. The fourth-order valence-electron chi connectivity index (χ4n) is 3.51. The molecule has 30 heavy (non-hydrogen) atoms. The van der Waals surface area contributed by atoms with E-state index >= 15 is 0 Å². The summed E-state index contributed by atoms with van der Waals surface area (Å²) in [6.07, 6.45) is 3.49. The van der Waals surface area contributed by atoms with Crippen LogP contribution in [0.1, 0.15) is 11.8 Å². The number of nitrogens with zero attached hydrogens (tertiary/aromatic N) is 4. The Balaban J connectivity index is 1.46. The molecular weight excluding hydrogens is 378 g/mol. The maximum Gasteiger partial charge on any atom is 0.229 e. The van der Waals surface area contributed by atoms with Crippen molar-refractivity contribution in [3.63, 3.8) is 0 Å². The van der Waals surface area contributed by atoms with Crippen LogP contribution in [0.15, 0.2) is 60.9 Å². The molecule has 8 nitrogen and oxygen atoms in total. The predicted molar refractivity (Wildman–Crippen MR) is 116 cm³/mol. The van der Waals surface area contributed by atoms with Gasteiger partial charge in [0.25, 0.3) is 0 Å². The Kier molecular flexibility index (Phi) is 4.92. The summed E-state index contributed by atoms with van der Waals surface area (Å²) in [5, 5.41) is 7.31. The quantitative estimate of drug-likeness (QED) is 0.480. The Morgan fingerprint density at radius 1 is 1.03 bits per heavy atom. The molecule has 5 rings (SSSR count). The lowest BCUT2D eigenvalue weighted by Crippen LogP contribution is -2.33. The number of para-hydroxylation sites is 1. The molecule has 0 saturated carbocycles. The second-order valence-corrected chi connectivity index (χ2v) is 7.01. The number of anilines is 3. The second kappa shape index (κ2) is 8.02. The lowest BCUT2D eigenvalue weighted by atomic mass is 10.1. The third-order valence-corrected chi connectivity index (χ3v) is 5.00. The number of hydrogen-bond acceptors (Lipinski definition) is 8. The molecule has 4 heterocycles. The third-order valence-electron chi connectivity index (χ3n) is 5.00. The van der Waals surface area contributed by atoms with Gasteiger partial charge in [-0.3, -0.25) is 9.97 Å². The minimum atomic E-state index is -0.0266. The predicted octanol–water partition coefficient (Wildman–Crippen LogP) is 3.07. The van der Waals surface area contributed by atoms with Crippen molar-refractivity contribution in [3.8, 4) is 11.3 Å². The van der Waals surface area contributed by atoms with Gasteiger partial charge in [0.2, 0.25) is 5.95 Å². The minimum absolute atomic E-state index is 0.0266. The first-order valence-electron chi connectivity index (χ1n) is 9.81. The largest absolute Gasteiger partial charge is 0.383 e. The van der Waals surface area contributed by atoms with Crippen LogP contribution in [-0.2, 0) is 4.74 Å². The number of nitrogens with one attached hydrogen (secondary N) is 2. The number of morpholine rings is 1. The van der Waals surface area contributed by atoms with Crippen LogP contribution in [0, 0.1) is 0 Å². The van der Waals surface area contributed by atoms with Crippen LogP contribution in [0.25, 0.3) is 22.2 Å². The van der Waals surface area contributed by atoms with Crippen molar-refractivity contribution in [3.05, 3.63) is 66.6 Å². The number of hydrogen-bond donors (Lipinski definition) is 3. The van der Waals surface area contributed by atoms with Gasteiger partial charge in [0, 0.05) is 30.2 Å². The number of pyridine rings is 2. The molecular formula is C22H21N7O. The standard InChI is InChI=1S/C22H21N7O/c23-21-16-5-3-4-15(17-6-1-2-9-25-17)20(16)28-22(29-21)27-14-7-8-18(26-12-14)19-13-24-10-11-30-19/h1-9,12,19,24H,10-11,13H2,(H3,23,27,28,29). The Hall–Kier alpha value is -3.62. The van der Waals surface area contributed by atoms with E-state index in [4.69, 9.17) is 15.5 Å². The Morgan fingerprint density at radius 2 is 2.00 bits per heavy atom. The van der Waals surface area contributed by atoms with E-state index in [1.807, 2.05) is 48.5 Å². The zero-order valence-electron chi connectivity index (χ0n) is 16.2. The highest BCUT2D eigenvalue weighted by molar-refractivity contribution is 5.98. The fourth-order valence-corrected chi connectivity index (χ4v) is 3.51. The monoisotopic (exact) mass is 399 g/mol. The molecule has 4 N–H and O–H groups in total. The summed E-state index contributed by atoms with van der Waals surface area (Å²) in [5.74, 6) is 0.819. The summed E-state index contributed by atoms with van der Waals surface area (Å²) in [6.45, 7) is 2.33. The van der Waals surface area contributed by atoms with Crippen molar-refractivity contribution in [2.45, 2.75) is 6.10 Å². The van der Waals surface area contributed by atoms with E-state index in [2.05, 4.69) is 25.6 Å². The van der Waals surface area contributed by atoms with Crippen LogP contribution in [0.2, 0.25) is 0 Å². The summed E-state index contributed by atoms with van der Waals surface area (Å²) >= 11 is 0. The van der Waals surface area contributed by atoms with Crippen LogP contribution in [0.3, 0.4) is 0 Å². The van der Waals surface area contributed by atoms with Gasteiger partial charge in [-0.2, -0.15) is 4.98 Å². The van der Waals surface area contributed by atoms with E-state index < -0.39 is 0 Å². The number of nitrogens with two attached hydrogens (primary N) is 1. The molecule has 0 radical (unpaired) electrons. The average Bonchev–Trinajstić information content (AvgIpc) is 2.80. The van der Waals surface area contributed by atoms with Crippen LogP contribution in [0.4, 0.5) is 17.5 Å². The number of rotatable bonds is 4. The van der Waals surface area contributed by atoms with Gasteiger partial charge in [-0.25, -0.2) is 4.98 Å². The molecule has 1 atom stereocenters. The molecule has 0 aliphatic carbocycles. The summed E-state index contributed by atoms with van der Waals surface area (Å²) in [4.78, 5) is 18.1. The minimum Gasteiger partial charge on any atom is -0.383 e. The first kappa shape index (κ1) is 18.4. The molecule has 1 aromatic carbocycles. The van der Waals surface area contributed by atoms with Crippen molar-refractivity contribution < 1.29 is 4.74 Å². The molecule has 0 amide bonds. The summed E-state index contributed by atoms with van der Waals surface area (Å²) in [6, 6.07) is 15.5. The Labute approximate surface area is 173 Å². The topological polar surface area (TPSA) is 111 Å². The lowest BCUT2D eigenvalue weighted by Gasteiger charge is -2.23. The van der Waals surface area contributed by atoms with Crippen molar-refractivity contribution in [2.24, 2.45) is 0 Å². The van der Waals surface area contributed by atoms with E-state index in [-0.39, 0.29) is 6.10 Å². The molecule has 3 aromatic heterocycles. The zero-order chi connectivity index (χ0) is 20.3. The van der Waals surface area contributed by atoms with Crippen LogP contribution in [-0.4, -0.2) is 39.6 Å². The van der Waals surface area contributed by atoms with E-state index in [1.54, 1.807) is 12.4 Å². The van der Waals surface area contributed by atoms with Crippen LogP contribution < -0.4 is 16.4 Å². The smallest absolute Gasteiger partial charge is 0.229 e. The zero-order valence-corrected chi connectivity index (χ0v) is 16.2. The van der Waals surface area contributed by atoms with E-state index in [1.165, 1.54) is 0 Å². The van der Waals surface area contributed by atoms with Gasteiger partial charge in [-0.1, -0.05) is 18.2 Å². The molecule has 0 bridgehead atoms. The number of fused-ring (bicyclic) bond motifs is 1. The molecule has 4 aromatic rings. The van der Waals surface area contributed by atoms with Crippen molar-refractivity contribution in [1.29, 1.82) is 0 Å². The molecule has 1 aliphatic rings. The van der Waals surface area contributed by atoms with Gasteiger partial charge in [-0.05, 0) is 30.3 Å². The van der Waals surface area contributed by atoms with Gasteiger partial charge in [0.15, 0.2) is 0 Å². The van der Waals surface area contributed by atoms with Gasteiger partial charge >= 0.3 is 0 Å². The van der Waals surface area contributed by atoms with E-state index in [0.29, 0.717) is 18.4 Å². The molecule has 1 unspecified atom stereocenters. The van der Waals surface area contributed by atoms with Crippen molar-refractivity contribution >= 4 is 28.4 Å². The Morgan fingerprint density at radius 3 is 2.77 bits per heavy atom. The number of ether oxygens (including phenoxy) is 1. The highest BCUT2D eigenvalue weighted by Gasteiger charge is 2.17.